The lowest BCUT2D eigenvalue weighted by atomic mass is 10.1. The highest BCUT2D eigenvalue weighted by molar-refractivity contribution is 5.81. The van der Waals surface area contributed by atoms with Gasteiger partial charge in [-0.05, 0) is 23.8 Å². The second kappa shape index (κ2) is 8.21. The molecule has 3 rings (SSSR count). The number of hydrazone groups is 1. The van der Waals surface area contributed by atoms with Crippen LogP contribution in [-0.4, -0.2) is 27.3 Å². The predicted molar refractivity (Wildman–Crippen MR) is 103 cm³/mol. The van der Waals surface area contributed by atoms with Crippen LogP contribution in [0, 0.1) is 0 Å². The summed E-state index contributed by atoms with van der Waals surface area (Å²) in [6, 6.07) is 9.23. The summed E-state index contributed by atoms with van der Waals surface area (Å²) >= 11 is 0. The van der Waals surface area contributed by atoms with E-state index in [1.165, 1.54) is 18.6 Å². The lowest BCUT2D eigenvalue weighted by Crippen LogP contribution is -2.22. The van der Waals surface area contributed by atoms with Crippen LogP contribution in [0.5, 0.6) is 0 Å². The zero-order valence-electron chi connectivity index (χ0n) is 15.4. The number of amides is 2. The van der Waals surface area contributed by atoms with Crippen molar-refractivity contribution in [2.75, 3.05) is 0 Å². The Bertz CT molecular complexity index is 1070. The molecule has 2 N–H and O–H groups in total. The molecule has 9 nitrogen and oxygen atoms in total. The van der Waals surface area contributed by atoms with Gasteiger partial charge in [-0.3, -0.25) is 9.59 Å². The maximum absolute atomic E-state index is 12.0. The van der Waals surface area contributed by atoms with Gasteiger partial charge < -0.3 is 14.4 Å². The van der Waals surface area contributed by atoms with Gasteiger partial charge in [0.1, 0.15) is 6.67 Å². The highest BCUT2D eigenvalue weighted by Crippen LogP contribution is 2.19. The fourth-order valence-electron chi connectivity index (χ4n) is 2.50. The molecule has 2 aromatic heterocycles. The summed E-state index contributed by atoms with van der Waals surface area (Å²) in [5.41, 5.74) is 4.71. The van der Waals surface area contributed by atoms with Crippen LogP contribution in [-0.2, 0) is 16.3 Å². The van der Waals surface area contributed by atoms with Crippen LogP contribution in [0.2, 0.25) is 0 Å². The SMILES string of the molecule is CC(=O)NCn1cc(-c2ccc(-n3ccc(C=NNC(C)=O)c3)cc2)c(=O)o1. The van der Waals surface area contributed by atoms with E-state index in [4.69, 9.17) is 4.52 Å². The Balaban J connectivity index is 1.74. The normalized spacial score (nSPS) is 10.9. The molecule has 9 heteroatoms. The van der Waals surface area contributed by atoms with E-state index in [1.54, 1.807) is 12.4 Å². The van der Waals surface area contributed by atoms with E-state index < -0.39 is 5.63 Å². The van der Waals surface area contributed by atoms with Crippen molar-refractivity contribution in [1.29, 1.82) is 0 Å². The van der Waals surface area contributed by atoms with E-state index >= 15 is 0 Å². The van der Waals surface area contributed by atoms with Gasteiger partial charge in [-0.2, -0.15) is 9.84 Å². The van der Waals surface area contributed by atoms with Gasteiger partial charge in [0, 0.05) is 37.5 Å². The fraction of sp³-hybridized carbons (Fsp3) is 0.158. The number of hydrogen-bond donors (Lipinski definition) is 2. The highest BCUT2D eigenvalue weighted by atomic mass is 16.5. The van der Waals surface area contributed by atoms with Crippen molar-refractivity contribution in [1.82, 2.24) is 20.0 Å². The largest absolute Gasteiger partial charge is 0.365 e. The van der Waals surface area contributed by atoms with Crippen LogP contribution in [0.25, 0.3) is 16.8 Å². The number of nitrogens with zero attached hydrogens (tertiary/aromatic N) is 3. The molecular weight excluding hydrogens is 362 g/mol. The number of rotatable bonds is 6. The van der Waals surface area contributed by atoms with Crippen molar-refractivity contribution in [3.05, 3.63) is 64.9 Å². The Morgan fingerprint density at radius 1 is 1.11 bits per heavy atom. The second-order valence-corrected chi connectivity index (χ2v) is 6.05. The molecule has 3 aromatic rings. The summed E-state index contributed by atoms with van der Waals surface area (Å²) in [6.45, 7) is 2.87. The Kier molecular flexibility index (Phi) is 5.54. The molecule has 0 spiro atoms. The van der Waals surface area contributed by atoms with Gasteiger partial charge in [0.25, 0.3) is 0 Å². The first-order valence-corrected chi connectivity index (χ1v) is 8.46. The quantitative estimate of drug-likeness (QED) is 0.497. The summed E-state index contributed by atoms with van der Waals surface area (Å²) in [6.07, 6.45) is 6.83. The molecule has 28 heavy (non-hydrogen) atoms. The van der Waals surface area contributed by atoms with Crippen molar-refractivity contribution in [3.63, 3.8) is 0 Å². The molecule has 0 aliphatic rings. The standard InChI is InChI=1S/C19H19N5O4/c1-13(25)20-12-24-11-18(19(27)28-24)16-3-5-17(6-4-16)23-8-7-15(10-23)9-21-22-14(2)26/h3-11H,12H2,1-2H3,(H,20,25)(H,22,26). The van der Waals surface area contributed by atoms with Crippen LogP contribution in [0.3, 0.4) is 0 Å². The summed E-state index contributed by atoms with van der Waals surface area (Å²) in [5, 5.41) is 6.39. The zero-order valence-corrected chi connectivity index (χ0v) is 15.4. The van der Waals surface area contributed by atoms with Crippen LogP contribution >= 0.6 is 0 Å². The Labute approximate surface area is 160 Å². The van der Waals surface area contributed by atoms with Crippen molar-refractivity contribution >= 4 is 18.0 Å². The number of hydrogen-bond acceptors (Lipinski definition) is 5. The number of carbonyl (C=O) groups excluding carboxylic acids is 2. The summed E-state index contributed by atoms with van der Waals surface area (Å²) in [7, 11) is 0. The average molecular weight is 381 g/mol. The second-order valence-electron chi connectivity index (χ2n) is 6.05. The van der Waals surface area contributed by atoms with Crippen molar-refractivity contribution < 1.29 is 14.1 Å². The fourth-order valence-corrected chi connectivity index (χ4v) is 2.50. The molecule has 0 aliphatic heterocycles. The molecule has 2 amide bonds. The third kappa shape index (κ3) is 4.64. The lowest BCUT2D eigenvalue weighted by Gasteiger charge is -2.03. The molecule has 144 valence electrons. The first-order chi connectivity index (χ1) is 13.4. The Hall–Kier alpha value is -3.88. The summed E-state index contributed by atoms with van der Waals surface area (Å²) < 4.78 is 8.26. The van der Waals surface area contributed by atoms with Gasteiger partial charge in [0.05, 0.1) is 18.0 Å². The first-order valence-electron chi connectivity index (χ1n) is 8.46. The smallest absolute Gasteiger partial charge is 0.336 e. The highest BCUT2D eigenvalue weighted by Gasteiger charge is 2.10. The summed E-state index contributed by atoms with van der Waals surface area (Å²) in [4.78, 5) is 33.8. The molecule has 0 bridgehead atoms. The maximum Gasteiger partial charge on any atom is 0.365 e. The van der Waals surface area contributed by atoms with Crippen molar-refractivity contribution in [2.45, 2.75) is 20.5 Å². The monoisotopic (exact) mass is 381 g/mol. The van der Waals surface area contributed by atoms with Gasteiger partial charge in [-0.1, -0.05) is 12.1 Å². The average Bonchev–Trinajstić information content (AvgIpc) is 3.26. The van der Waals surface area contributed by atoms with E-state index in [0.717, 1.165) is 11.3 Å². The molecule has 0 saturated carbocycles. The van der Waals surface area contributed by atoms with Gasteiger partial charge in [-0.15, -0.1) is 0 Å². The number of benzene rings is 1. The van der Waals surface area contributed by atoms with Gasteiger partial charge in [0.15, 0.2) is 0 Å². The first kappa shape index (κ1) is 18.9. The number of nitrogens with one attached hydrogen (secondary N) is 2. The molecule has 0 unspecified atom stereocenters. The minimum Gasteiger partial charge on any atom is -0.336 e. The number of carbonyl (C=O) groups is 2. The molecule has 0 atom stereocenters. The van der Waals surface area contributed by atoms with E-state index in [-0.39, 0.29) is 18.5 Å². The van der Waals surface area contributed by atoms with Gasteiger partial charge >= 0.3 is 5.63 Å². The molecule has 1 aromatic carbocycles. The Morgan fingerprint density at radius 2 is 1.86 bits per heavy atom. The lowest BCUT2D eigenvalue weighted by molar-refractivity contribution is -0.120. The van der Waals surface area contributed by atoms with E-state index in [0.29, 0.717) is 11.1 Å². The van der Waals surface area contributed by atoms with Crippen molar-refractivity contribution in [3.8, 4) is 16.8 Å². The van der Waals surface area contributed by atoms with Crippen molar-refractivity contribution in [2.24, 2.45) is 5.10 Å². The van der Waals surface area contributed by atoms with Gasteiger partial charge in [-0.25, -0.2) is 10.2 Å². The molecule has 0 aliphatic carbocycles. The third-order valence-corrected chi connectivity index (χ3v) is 3.80. The minimum absolute atomic E-state index is 0.0921. The molecular formula is C19H19N5O4. The molecule has 0 radical (unpaired) electrons. The van der Waals surface area contributed by atoms with E-state index in [2.05, 4.69) is 15.8 Å². The maximum atomic E-state index is 12.0. The topological polar surface area (TPSA) is 111 Å². The molecule has 0 saturated heterocycles. The van der Waals surface area contributed by atoms with Crippen LogP contribution in [0.15, 0.2) is 63.3 Å². The van der Waals surface area contributed by atoms with Crippen LogP contribution in [0.1, 0.15) is 19.4 Å². The van der Waals surface area contributed by atoms with Crippen LogP contribution in [0.4, 0.5) is 0 Å². The summed E-state index contributed by atoms with van der Waals surface area (Å²) in [5.74, 6) is -0.447. The number of aromatic nitrogens is 2. The third-order valence-electron chi connectivity index (χ3n) is 3.80. The Morgan fingerprint density at radius 3 is 2.54 bits per heavy atom. The van der Waals surface area contributed by atoms with E-state index in [1.807, 2.05) is 47.3 Å². The molecule has 0 fully saturated rings. The van der Waals surface area contributed by atoms with Gasteiger partial charge in [0.2, 0.25) is 11.8 Å². The minimum atomic E-state index is -0.476. The zero-order chi connectivity index (χ0) is 20.1. The molecule has 2 heterocycles. The van der Waals surface area contributed by atoms with E-state index in [9.17, 15) is 14.4 Å². The predicted octanol–water partition coefficient (Wildman–Crippen LogP) is 1.46. The van der Waals surface area contributed by atoms with Crippen LogP contribution < -0.4 is 16.4 Å².